The number of carbonyl (C=O) groups excluding carboxylic acids is 2. The van der Waals surface area contributed by atoms with Crippen LogP contribution in [0.15, 0.2) is 18.2 Å². The van der Waals surface area contributed by atoms with Gasteiger partial charge in [0.2, 0.25) is 11.8 Å². The van der Waals surface area contributed by atoms with Crippen molar-refractivity contribution in [2.45, 2.75) is 20.3 Å². The summed E-state index contributed by atoms with van der Waals surface area (Å²) in [5.74, 6) is 0.140. The van der Waals surface area contributed by atoms with E-state index < -0.39 is 0 Å². The fourth-order valence-corrected chi connectivity index (χ4v) is 2.98. The number of nitrogens with one attached hydrogen (secondary N) is 2. The third-order valence-electron chi connectivity index (χ3n) is 4.57. The first-order chi connectivity index (χ1) is 11.8. The van der Waals surface area contributed by atoms with Gasteiger partial charge in [0.1, 0.15) is 5.75 Å². The van der Waals surface area contributed by atoms with Crippen molar-refractivity contribution in [3.8, 4) is 5.75 Å². The molecule has 1 aliphatic heterocycles. The summed E-state index contributed by atoms with van der Waals surface area (Å²) in [6, 6.07) is 5.53. The first kappa shape index (κ1) is 22.2. The second-order valence-electron chi connectivity index (χ2n) is 7.00. The number of amides is 2. The number of aryl methyl sites for hydroxylation is 1. The third-order valence-corrected chi connectivity index (χ3v) is 4.57. The number of ether oxygens (including phenoxy) is 1. The zero-order valence-corrected chi connectivity index (χ0v) is 16.4. The average molecular weight is 385 g/mol. The summed E-state index contributed by atoms with van der Waals surface area (Å²) in [7, 11) is 1.55. The van der Waals surface area contributed by atoms with Crippen LogP contribution >= 0.6 is 12.4 Å². The molecule has 1 aromatic rings. The summed E-state index contributed by atoms with van der Waals surface area (Å²) in [6.45, 7) is 6.56. The lowest BCUT2D eigenvalue weighted by Crippen LogP contribution is -2.41. The Hall–Kier alpha value is -1.83. The number of anilines is 1. The van der Waals surface area contributed by atoms with Crippen LogP contribution in [0.1, 0.15) is 18.9 Å². The molecule has 1 saturated heterocycles. The van der Waals surface area contributed by atoms with Gasteiger partial charge in [0, 0.05) is 6.54 Å². The number of nitrogens with two attached hydrogens (primary N) is 1. The minimum absolute atomic E-state index is 0. The van der Waals surface area contributed by atoms with Gasteiger partial charge in [0.05, 0.1) is 25.9 Å². The van der Waals surface area contributed by atoms with E-state index in [0.717, 1.165) is 25.1 Å². The van der Waals surface area contributed by atoms with Crippen LogP contribution in [0.4, 0.5) is 5.69 Å². The number of hydrogen-bond donors (Lipinski definition) is 3. The van der Waals surface area contributed by atoms with Crippen molar-refractivity contribution < 1.29 is 14.3 Å². The average Bonchev–Trinajstić information content (AvgIpc) is 2.95. The van der Waals surface area contributed by atoms with Gasteiger partial charge >= 0.3 is 0 Å². The molecule has 1 heterocycles. The highest BCUT2D eigenvalue weighted by Gasteiger charge is 2.33. The van der Waals surface area contributed by atoms with Crippen molar-refractivity contribution in [2.75, 3.05) is 45.2 Å². The lowest BCUT2D eigenvalue weighted by atomic mass is 9.90. The van der Waals surface area contributed by atoms with Crippen LogP contribution in [0.3, 0.4) is 0 Å². The Morgan fingerprint density at radius 1 is 1.35 bits per heavy atom. The molecule has 0 saturated carbocycles. The highest BCUT2D eigenvalue weighted by molar-refractivity contribution is 5.96. The SMILES string of the molecule is COc1ccc(C)cc1NC(=O)CNC(=O)CN1CCC(C)(CN)C1.Cl. The van der Waals surface area contributed by atoms with Crippen LogP contribution in [0.5, 0.6) is 5.75 Å². The van der Waals surface area contributed by atoms with Gasteiger partial charge in [-0.3, -0.25) is 14.5 Å². The number of hydrogen-bond acceptors (Lipinski definition) is 5. The molecule has 1 atom stereocenters. The molecule has 1 fully saturated rings. The van der Waals surface area contributed by atoms with E-state index in [-0.39, 0.29) is 42.7 Å². The van der Waals surface area contributed by atoms with Gasteiger partial charge in [-0.15, -0.1) is 12.4 Å². The Balaban J connectivity index is 0.00000338. The lowest BCUT2D eigenvalue weighted by molar-refractivity contribution is -0.124. The number of halogens is 1. The summed E-state index contributed by atoms with van der Waals surface area (Å²) < 4.78 is 5.23. The van der Waals surface area contributed by atoms with Crippen molar-refractivity contribution >= 4 is 29.9 Å². The Bertz CT molecular complexity index is 641. The Kier molecular flexibility index (Phi) is 8.33. The van der Waals surface area contributed by atoms with E-state index in [1.807, 2.05) is 19.1 Å². The van der Waals surface area contributed by atoms with Gasteiger partial charge in [-0.1, -0.05) is 13.0 Å². The van der Waals surface area contributed by atoms with E-state index in [1.165, 1.54) is 0 Å². The quantitative estimate of drug-likeness (QED) is 0.655. The van der Waals surface area contributed by atoms with Crippen LogP contribution in [-0.2, 0) is 9.59 Å². The number of likely N-dealkylation sites (tertiary alicyclic amines) is 1. The van der Waals surface area contributed by atoms with E-state index in [4.69, 9.17) is 10.5 Å². The standard InChI is InChI=1S/C18H28N4O3.ClH/c1-13-4-5-15(25-3)14(8-13)21-16(23)9-20-17(24)10-22-7-6-18(2,11-19)12-22;/h4-5,8H,6-7,9-12,19H2,1-3H3,(H,20,24)(H,21,23);1H. The number of nitrogens with zero attached hydrogens (tertiary/aromatic N) is 1. The molecule has 0 aromatic heterocycles. The molecule has 0 spiro atoms. The summed E-state index contributed by atoms with van der Waals surface area (Å²) in [5.41, 5.74) is 7.47. The molecule has 2 amide bonds. The maximum Gasteiger partial charge on any atom is 0.243 e. The molecule has 0 aliphatic carbocycles. The van der Waals surface area contributed by atoms with Crippen LogP contribution in [0, 0.1) is 12.3 Å². The van der Waals surface area contributed by atoms with Gasteiger partial charge in [0.15, 0.2) is 0 Å². The van der Waals surface area contributed by atoms with E-state index in [1.54, 1.807) is 13.2 Å². The van der Waals surface area contributed by atoms with Crippen LogP contribution in [0.2, 0.25) is 0 Å². The molecule has 146 valence electrons. The number of benzene rings is 1. The van der Waals surface area contributed by atoms with Crippen LogP contribution in [-0.4, -0.2) is 56.5 Å². The van der Waals surface area contributed by atoms with E-state index >= 15 is 0 Å². The topological polar surface area (TPSA) is 96.7 Å². The maximum absolute atomic E-state index is 12.1. The smallest absolute Gasteiger partial charge is 0.243 e. The van der Waals surface area contributed by atoms with Gasteiger partial charge in [-0.2, -0.15) is 0 Å². The second-order valence-corrected chi connectivity index (χ2v) is 7.00. The van der Waals surface area contributed by atoms with Crippen LogP contribution in [0.25, 0.3) is 0 Å². The Labute approximate surface area is 161 Å². The van der Waals surface area contributed by atoms with Gasteiger partial charge in [-0.05, 0) is 49.5 Å². The molecule has 7 nitrogen and oxygen atoms in total. The summed E-state index contributed by atoms with van der Waals surface area (Å²) in [5, 5.41) is 5.43. The van der Waals surface area contributed by atoms with E-state index in [9.17, 15) is 9.59 Å². The molecule has 2 rings (SSSR count). The number of methoxy groups -OCH3 is 1. The molecular formula is C18H29ClN4O3. The summed E-state index contributed by atoms with van der Waals surface area (Å²) in [4.78, 5) is 26.2. The van der Waals surface area contributed by atoms with Crippen molar-refractivity contribution in [2.24, 2.45) is 11.1 Å². The van der Waals surface area contributed by atoms with Crippen molar-refractivity contribution in [1.82, 2.24) is 10.2 Å². The monoisotopic (exact) mass is 384 g/mol. The molecule has 0 bridgehead atoms. The molecule has 26 heavy (non-hydrogen) atoms. The van der Waals surface area contributed by atoms with Gasteiger partial charge < -0.3 is 21.1 Å². The molecule has 1 aromatic carbocycles. The largest absolute Gasteiger partial charge is 0.495 e. The highest BCUT2D eigenvalue weighted by atomic mass is 35.5. The molecule has 4 N–H and O–H groups in total. The first-order valence-corrected chi connectivity index (χ1v) is 8.49. The van der Waals surface area contributed by atoms with Crippen molar-refractivity contribution in [1.29, 1.82) is 0 Å². The molecule has 0 radical (unpaired) electrons. The molecule has 1 aliphatic rings. The summed E-state index contributed by atoms with van der Waals surface area (Å²) >= 11 is 0. The minimum atomic E-state index is -0.287. The van der Waals surface area contributed by atoms with Crippen molar-refractivity contribution in [3.05, 3.63) is 23.8 Å². The van der Waals surface area contributed by atoms with E-state index in [2.05, 4.69) is 22.5 Å². The van der Waals surface area contributed by atoms with Crippen molar-refractivity contribution in [3.63, 3.8) is 0 Å². The Morgan fingerprint density at radius 3 is 2.69 bits per heavy atom. The Morgan fingerprint density at radius 2 is 2.08 bits per heavy atom. The molecular weight excluding hydrogens is 356 g/mol. The van der Waals surface area contributed by atoms with Gasteiger partial charge in [-0.25, -0.2) is 0 Å². The lowest BCUT2D eigenvalue weighted by Gasteiger charge is -2.22. The predicted molar refractivity (Wildman–Crippen MR) is 105 cm³/mol. The normalized spacial score (nSPS) is 19.5. The summed E-state index contributed by atoms with van der Waals surface area (Å²) in [6.07, 6.45) is 0.990. The van der Waals surface area contributed by atoms with Gasteiger partial charge in [0.25, 0.3) is 0 Å². The zero-order valence-electron chi connectivity index (χ0n) is 15.6. The fourth-order valence-electron chi connectivity index (χ4n) is 2.98. The number of rotatable bonds is 7. The van der Waals surface area contributed by atoms with Crippen LogP contribution < -0.4 is 21.1 Å². The third kappa shape index (κ3) is 6.16. The first-order valence-electron chi connectivity index (χ1n) is 8.49. The number of carbonyl (C=O) groups is 2. The minimum Gasteiger partial charge on any atom is -0.495 e. The second kappa shape index (κ2) is 9.75. The fraction of sp³-hybridized carbons (Fsp3) is 0.556. The maximum atomic E-state index is 12.1. The van der Waals surface area contributed by atoms with E-state index in [0.29, 0.717) is 18.0 Å². The molecule has 1 unspecified atom stereocenters. The molecule has 8 heteroatoms. The highest BCUT2D eigenvalue weighted by Crippen LogP contribution is 2.28. The zero-order chi connectivity index (χ0) is 18.4. The predicted octanol–water partition coefficient (Wildman–Crippen LogP) is 1.15.